The molecule has 0 saturated carbocycles. The molecule has 3 aliphatic rings. The van der Waals surface area contributed by atoms with Crippen LogP contribution < -0.4 is 5.73 Å². The van der Waals surface area contributed by atoms with Crippen LogP contribution in [0.4, 0.5) is 0 Å². The van der Waals surface area contributed by atoms with Gasteiger partial charge in [-0.25, -0.2) is 0 Å². The fraction of sp³-hybridized carbons (Fsp3) is 0.818. The van der Waals surface area contributed by atoms with Crippen LogP contribution in [0.1, 0.15) is 24.7 Å². The summed E-state index contributed by atoms with van der Waals surface area (Å²) in [6.45, 7) is 7.53. The summed E-state index contributed by atoms with van der Waals surface area (Å²) >= 11 is 0. The fourth-order valence-electron chi connectivity index (χ4n) is 2.62. The average Bonchev–Trinajstić information content (AvgIpc) is 2.78. The molecule has 0 amide bonds. The SMILES string of the molecule is CC(N)Cc1nc(C2CN3CCN2CC3)no1. The molecule has 2 atom stereocenters. The Labute approximate surface area is 101 Å². The summed E-state index contributed by atoms with van der Waals surface area (Å²) in [5.41, 5.74) is 5.73. The largest absolute Gasteiger partial charge is 0.339 e. The molecule has 6 heteroatoms. The summed E-state index contributed by atoms with van der Waals surface area (Å²) < 4.78 is 5.25. The molecule has 1 aromatic rings. The third kappa shape index (κ3) is 2.20. The minimum Gasteiger partial charge on any atom is -0.339 e. The number of nitrogens with zero attached hydrogens (tertiary/aromatic N) is 4. The Balaban J connectivity index is 1.73. The predicted octanol–water partition coefficient (Wildman–Crippen LogP) is -0.368. The number of nitrogens with two attached hydrogens (primary N) is 1. The van der Waals surface area contributed by atoms with Gasteiger partial charge in [0.2, 0.25) is 5.89 Å². The van der Waals surface area contributed by atoms with E-state index in [2.05, 4.69) is 19.9 Å². The Morgan fingerprint density at radius 2 is 2.18 bits per heavy atom. The van der Waals surface area contributed by atoms with Gasteiger partial charge in [0.05, 0.1) is 6.04 Å². The van der Waals surface area contributed by atoms with Gasteiger partial charge in [0.15, 0.2) is 5.82 Å². The van der Waals surface area contributed by atoms with Crippen LogP contribution in [0.3, 0.4) is 0 Å². The van der Waals surface area contributed by atoms with Crippen LogP contribution in [0.25, 0.3) is 0 Å². The first-order chi connectivity index (χ1) is 8.22. The van der Waals surface area contributed by atoms with Gasteiger partial charge in [0, 0.05) is 45.2 Å². The van der Waals surface area contributed by atoms with Crippen molar-refractivity contribution >= 4 is 0 Å². The monoisotopic (exact) mass is 237 g/mol. The van der Waals surface area contributed by atoms with E-state index in [1.165, 1.54) is 13.1 Å². The zero-order valence-electron chi connectivity index (χ0n) is 10.2. The van der Waals surface area contributed by atoms with Crippen LogP contribution >= 0.6 is 0 Å². The zero-order valence-corrected chi connectivity index (χ0v) is 10.2. The van der Waals surface area contributed by atoms with Crippen LogP contribution in [0.5, 0.6) is 0 Å². The van der Waals surface area contributed by atoms with Crippen molar-refractivity contribution in [1.82, 2.24) is 19.9 Å². The average molecular weight is 237 g/mol. The summed E-state index contributed by atoms with van der Waals surface area (Å²) in [6, 6.07) is 0.373. The maximum Gasteiger partial charge on any atom is 0.228 e. The lowest BCUT2D eigenvalue weighted by Crippen LogP contribution is -2.57. The van der Waals surface area contributed by atoms with Crippen LogP contribution in [0.2, 0.25) is 0 Å². The van der Waals surface area contributed by atoms with Crippen molar-refractivity contribution in [2.45, 2.75) is 25.4 Å². The van der Waals surface area contributed by atoms with E-state index in [9.17, 15) is 0 Å². The molecular weight excluding hydrogens is 218 g/mol. The summed E-state index contributed by atoms with van der Waals surface area (Å²) in [6.07, 6.45) is 0.656. The maximum atomic E-state index is 5.73. The highest BCUT2D eigenvalue weighted by molar-refractivity contribution is 5.01. The van der Waals surface area contributed by atoms with E-state index in [-0.39, 0.29) is 6.04 Å². The van der Waals surface area contributed by atoms with E-state index < -0.39 is 0 Å². The Hall–Kier alpha value is -0.980. The van der Waals surface area contributed by atoms with E-state index in [1.807, 2.05) is 6.92 Å². The summed E-state index contributed by atoms with van der Waals surface area (Å²) in [4.78, 5) is 9.38. The van der Waals surface area contributed by atoms with E-state index in [0.717, 1.165) is 25.5 Å². The van der Waals surface area contributed by atoms with Gasteiger partial charge in [-0.2, -0.15) is 4.98 Å². The molecule has 2 unspecified atom stereocenters. The van der Waals surface area contributed by atoms with Gasteiger partial charge in [-0.3, -0.25) is 9.80 Å². The molecule has 3 saturated heterocycles. The maximum absolute atomic E-state index is 5.73. The minimum atomic E-state index is 0.0650. The highest BCUT2D eigenvalue weighted by Gasteiger charge is 2.35. The van der Waals surface area contributed by atoms with Gasteiger partial charge >= 0.3 is 0 Å². The molecule has 3 aliphatic heterocycles. The molecule has 1 aromatic heterocycles. The van der Waals surface area contributed by atoms with Crippen LogP contribution in [0.15, 0.2) is 4.52 Å². The molecule has 4 heterocycles. The second-order valence-electron chi connectivity index (χ2n) is 5.08. The topological polar surface area (TPSA) is 71.4 Å². The van der Waals surface area contributed by atoms with Crippen molar-refractivity contribution in [3.63, 3.8) is 0 Å². The Kier molecular flexibility index (Phi) is 2.85. The van der Waals surface area contributed by atoms with Gasteiger partial charge in [0.25, 0.3) is 0 Å². The van der Waals surface area contributed by atoms with Crippen LogP contribution in [-0.4, -0.2) is 58.7 Å². The second-order valence-corrected chi connectivity index (χ2v) is 5.08. The molecule has 17 heavy (non-hydrogen) atoms. The Bertz CT molecular complexity index is 383. The first-order valence-electron chi connectivity index (χ1n) is 6.27. The normalized spacial score (nSPS) is 33.9. The quantitative estimate of drug-likeness (QED) is 0.773. The van der Waals surface area contributed by atoms with Crippen molar-refractivity contribution in [1.29, 1.82) is 0 Å². The van der Waals surface area contributed by atoms with Crippen molar-refractivity contribution in [2.75, 3.05) is 32.7 Å². The molecular formula is C11H19N5O. The molecule has 0 aliphatic carbocycles. The Morgan fingerprint density at radius 3 is 2.76 bits per heavy atom. The summed E-state index contributed by atoms with van der Waals surface area (Å²) in [7, 11) is 0. The molecule has 94 valence electrons. The third-order valence-corrected chi connectivity index (χ3v) is 3.56. The predicted molar refractivity (Wildman–Crippen MR) is 62.4 cm³/mol. The standard InChI is InChI=1S/C11H19N5O/c1-8(12)6-10-13-11(14-17-10)9-7-15-2-4-16(9)5-3-15/h8-9H,2-7,12H2,1H3. The van der Waals surface area contributed by atoms with Gasteiger partial charge in [-0.1, -0.05) is 5.16 Å². The highest BCUT2D eigenvalue weighted by Crippen LogP contribution is 2.26. The summed E-state index contributed by atoms with van der Waals surface area (Å²) in [5.74, 6) is 1.48. The first kappa shape index (κ1) is 11.1. The smallest absolute Gasteiger partial charge is 0.228 e. The number of aromatic nitrogens is 2. The minimum absolute atomic E-state index is 0.0650. The third-order valence-electron chi connectivity index (χ3n) is 3.56. The zero-order chi connectivity index (χ0) is 11.8. The molecule has 4 rings (SSSR count). The summed E-state index contributed by atoms with van der Waals surface area (Å²) in [5, 5.41) is 4.10. The highest BCUT2D eigenvalue weighted by atomic mass is 16.5. The number of piperazine rings is 3. The molecule has 2 bridgehead atoms. The van der Waals surface area contributed by atoms with E-state index in [0.29, 0.717) is 18.4 Å². The molecule has 0 radical (unpaired) electrons. The Morgan fingerprint density at radius 1 is 1.41 bits per heavy atom. The van der Waals surface area contributed by atoms with Crippen LogP contribution in [0, 0.1) is 0 Å². The van der Waals surface area contributed by atoms with Crippen LogP contribution in [-0.2, 0) is 6.42 Å². The van der Waals surface area contributed by atoms with Crippen molar-refractivity contribution < 1.29 is 4.52 Å². The van der Waals surface area contributed by atoms with Crippen molar-refractivity contribution in [2.24, 2.45) is 5.73 Å². The van der Waals surface area contributed by atoms with E-state index >= 15 is 0 Å². The van der Waals surface area contributed by atoms with Gasteiger partial charge in [0.1, 0.15) is 0 Å². The molecule has 2 N–H and O–H groups in total. The lowest BCUT2D eigenvalue weighted by atomic mass is 10.1. The number of hydrogen-bond acceptors (Lipinski definition) is 6. The van der Waals surface area contributed by atoms with Gasteiger partial charge in [-0.15, -0.1) is 0 Å². The van der Waals surface area contributed by atoms with Crippen molar-refractivity contribution in [3.05, 3.63) is 11.7 Å². The van der Waals surface area contributed by atoms with E-state index in [1.54, 1.807) is 0 Å². The van der Waals surface area contributed by atoms with Gasteiger partial charge in [-0.05, 0) is 6.92 Å². The second kappa shape index (κ2) is 4.36. The lowest BCUT2D eigenvalue weighted by Gasteiger charge is -2.46. The molecule has 6 nitrogen and oxygen atoms in total. The van der Waals surface area contributed by atoms with Crippen molar-refractivity contribution in [3.8, 4) is 0 Å². The number of rotatable bonds is 3. The molecule has 3 fully saturated rings. The molecule has 0 aromatic carbocycles. The van der Waals surface area contributed by atoms with E-state index in [4.69, 9.17) is 10.3 Å². The number of fused-ring (bicyclic) bond motifs is 3. The fourth-order valence-corrected chi connectivity index (χ4v) is 2.62. The first-order valence-corrected chi connectivity index (χ1v) is 6.27. The lowest BCUT2D eigenvalue weighted by molar-refractivity contribution is 0.00781. The van der Waals surface area contributed by atoms with Gasteiger partial charge < -0.3 is 10.3 Å². The molecule has 0 spiro atoms. The number of hydrogen-bond donors (Lipinski definition) is 1.